The number of rotatable bonds is 4. The van der Waals surface area contributed by atoms with Crippen LogP contribution in [-0.2, 0) is 11.2 Å². The number of hydrogen-bond acceptors (Lipinski definition) is 2. The summed E-state index contributed by atoms with van der Waals surface area (Å²) < 4.78 is 0. The van der Waals surface area contributed by atoms with E-state index in [4.69, 9.17) is 23.2 Å². The fraction of sp³-hybridized carbons (Fsp3) is 0.296. The average molecular weight is 465 g/mol. The molecule has 1 fully saturated rings. The lowest BCUT2D eigenvalue weighted by Crippen LogP contribution is -2.43. The Morgan fingerprint density at radius 3 is 2.22 bits per heavy atom. The highest BCUT2D eigenvalue weighted by Gasteiger charge is 2.41. The first-order chi connectivity index (χ1) is 15.5. The van der Waals surface area contributed by atoms with Gasteiger partial charge in [0.2, 0.25) is 5.91 Å². The number of fused-ring (bicyclic) bond motifs is 3. The van der Waals surface area contributed by atoms with Crippen LogP contribution < -0.4 is 0 Å². The molecule has 164 valence electrons. The Kier molecular flexibility index (Phi) is 5.98. The zero-order valence-corrected chi connectivity index (χ0v) is 19.6. The Labute approximate surface area is 199 Å². The molecule has 3 aromatic rings. The Balaban J connectivity index is 1.55. The SMILES string of the molecule is CN(C(=O)Cc1ccc(Cl)c(Cl)c1)[C@H]1c2ccccc2-c2ccccc2[C@@H]1N1CCCC1. The lowest BCUT2D eigenvalue weighted by molar-refractivity contribution is -0.133. The van der Waals surface area contributed by atoms with Crippen LogP contribution in [0.1, 0.15) is 41.6 Å². The molecule has 5 heteroatoms. The largest absolute Gasteiger partial charge is 0.336 e. The molecule has 0 saturated carbocycles. The molecule has 1 heterocycles. The molecule has 0 spiro atoms. The number of likely N-dealkylation sites (N-methyl/N-ethyl adjacent to an activating group) is 1. The minimum absolute atomic E-state index is 0.0468. The van der Waals surface area contributed by atoms with Crippen molar-refractivity contribution >= 4 is 29.1 Å². The number of carbonyl (C=O) groups excluding carboxylic acids is 1. The molecule has 5 rings (SSSR count). The maximum Gasteiger partial charge on any atom is 0.227 e. The van der Waals surface area contributed by atoms with Gasteiger partial charge in [0, 0.05) is 7.05 Å². The summed E-state index contributed by atoms with van der Waals surface area (Å²) in [7, 11) is 1.94. The summed E-state index contributed by atoms with van der Waals surface area (Å²) in [5.41, 5.74) is 5.90. The number of benzene rings is 3. The molecule has 1 saturated heterocycles. The van der Waals surface area contributed by atoms with Crippen LogP contribution in [0.5, 0.6) is 0 Å². The fourth-order valence-electron chi connectivity index (χ4n) is 5.28. The lowest BCUT2D eigenvalue weighted by atomic mass is 9.78. The number of carbonyl (C=O) groups is 1. The number of nitrogens with zero attached hydrogens (tertiary/aromatic N) is 2. The van der Waals surface area contributed by atoms with E-state index in [1.165, 1.54) is 35.1 Å². The Morgan fingerprint density at radius 1 is 0.906 bits per heavy atom. The van der Waals surface area contributed by atoms with Crippen LogP contribution in [0.15, 0.2) is 66.7 Å². The summed E-state index contributed by atoms with van der Waals surface area (Å²) in [4.78, 5) is 18.0. The summed E-state index contributed by atoms with van der Waals surface area (Å²) in [5.74, 6) is 0.0757. The maximum atomic E-state index is 13.5. The molecule has 0 N–H and O–H groups in total. The quantitative estimate of drug-likeness (QED) is 0.436. The maximum absolute atomic E-state index is 13.5. The van der Waals surface area contributed by atoms with Crippen LogP contribution in [0.3, 0.4) is 0 Å². The predicted molar refractivity (Wildman–Crippen MR) is 131 cm³/mol. The molecule has 3 aromatic carbocycles. The smallest absolute Gasteiger partial charge is 0.227 e. The highest BCUT2D eigenvalue weighted by atomic mass is 35.5. The van der Waals surface area contributed by atoms with Gasteiger partial charge in [0.1, 0.15) is 0 Å². The number of halogens is 2. The third kappa shape index (κ3) is 3.83. The third-order valence-corrected chi connectivity index (χ3v) is 7.57. The highest BCUT2D eigenvalue weighted by Crippen LogP contribution is 2.50. The molecule has 32 heavy (non-hydrogen) atoms. The molecular weight excluding hydrogens is 439 g/mol. The first-order valence-electron chi connectivity index (χ1n) is 11.2. The van der Waals surface area contributed by atoms with Crippen LogP contribution in [0.4, 0.5) is 0 Å². The third-order valence-electron chi connectivity index (χ3n) is 6.83. The fourth-order valence-corrected chi connectivity index (χ4v) is 5.60. The second kappa shape index (κ2) is 8.90. The van der Waals surface area contributed by atoms with E-state index in [2.05, 4.69) is 53.4 Å². The van der Waals surface area contributed by atoms with Crippen molar-refractivity contribution in [2.75, 3.05) is 20.1 Å². The highest BCUT2D eigenvalue weighted by molar-refractivity contribution is 6.42. The summed E-state index contributed by atoms with van der Waals surface area (Å²) in [6, 6.07) is 22.7. The van der Waals surface area contributed by atoms with E-state index < -0.39 is 0 Å². The van der Waals surface area contributed by atoms with Crippen molar-refractivity contribution in [3.05, 3.63) is 93.5 Å². The van der Waals surface area contributed by atoms with E-state index in [0.29, 0.717) is 16.5 Å². The van der Waals surface area contributed by atoms with Crippen LogP contribution in [0, 0.1) is 0 Å². The van der Waals surface area contributed by atoms with E-state index >= 15 is 0 Å². The molecule has 2 atom stereocenters. The van der Waals surface area contributed by atoms with Gasteiger partial charge in [0.15, 0.2) is 0 Å². The standard InChI is InChI=1S/C27H26Cl2N2O/c1-30(25(32)17-18-12-13-23(28)24(29)16-18)26-21-10-4-2-8-19(21)20-9-3-5-11-22(20)27(26)31-14-6-7-15-31/h2-5,8-13,16,26-27H,6-7,14-15,17H2,1H3/t26-,27-/m0/s1. The Morgan fingerprint density at radius 2 is 1.53 bits per heavy atom. The van der Waals surface area contributed by atoms with Crippen molar-refractivity contribution in [2.45, 2.75) is 31.3 Å². The van der Waals surface area contributed by atoms with Gasteiger partial charge in [-0.15, -0.1) is 0 Å². The van der Waals surface area contributed by atoms with Crippen molar-refractivity contribution in [1.29, 1.82) is 0 Å². The summed E-state index contributed by atoms with van der Waals surface area (Å²) in [5, 5.41) is 0.981. The van der Waals surface area contributed by atoms with Crippen LogP contribution in [0.25, 0.3) is 11.1 Å². The van der Waals surface area contributed by atoms with Crippen molar-refractivity contribution in [3.8, 4) is 11.1 Å². The van der Waals surface area contributed by atoms with Crippen molar-refractivity contribution < 1.29 is 4.79 Å². The van der Waals surface area contributed by atoms with E-state index in [1.54, 1.807) is 12.1 Å². The second-order valence-electron chi connectivity index (χ2n) is 8.74. The van der Waals surface area contributed by atoms with Gasteiger partial charge in [-0.1, -0.05) is 77.8 Å². The van der Waals surface area contributed by atoms with Crippen LogP contribution in [0.2, 0.25) is 10.0 Å². The molecule has 2 aliphatic rings. The summed E-state index contributed by atoms with van der Waals surface area (Å²) in [6.07, 6.45) is 2.70. The van der Waals surface area contributed by atoms with Gasteiger partial charge in [-0.3, -0.25) is 9.69 Å². The van der Waals surface area contributed by atoms with Crippen molar-refractivity contribution in [2.24, 2.45) is 0 Å². The molecule has 0 bridgehead atoms. The van der Waals surface area contributed by atoms with E-state index in [0.717, 1.165) is 18.7 Å². The first kappa shape index (κ1) is 21.5. The summed E-state index contributed by atoms with van der Waals surface area (Å²) >= 11 is 12.3. The molecule has 1 aliphatic heterocycles. The second-order valence-corrected chi connectivity index (χ2v) is 9.55. The molecule has 0 aromatic heterocycles. The molecule has 0 radical (unpaired) electrons. The number of amides is 1. The van der Waals surface area contributed by atoms with Gasteiger partial charge in [0.05, 0.1) is 28.5 Å². The van der Waals surface area contributed by atoms with E-state index in [9.17, 15) is 4.79 Å². The van der Waals surface area contributed by atoms with Gasteiger partial charge in [-0.25, -0.2) is 0 Å². The predicted octanol–water partition coefficient (Wildman–Crippen LogP) is 6.55. The van der Waals surface area contributed by atoms with Crippen molar-refractivity contribution in [3.63, 3.8) is 0 Å². The van der Waals surface area contributed by atoms with Gasteiger partial charge >= 0.3 is 0 Å². The molecule has 1 amide bonds. The van der Waals surface area contributed by atoms with E-state index in [-0.39, 0.29) is 18.0 Å². The van der Waals surface area contributed by atoms with Gasteiger partial charge in [-0.2, -0.15) is 0 Å². The minimum atomic E-state index is -0.0468. The summed E-state index contributed by atoms with van der Waals surface area (Å²) in [6.45, 7) is 2.12. The average Bonchev–Trinajstić information content (AvgIpc) is 3.34. The lowest BCUT2D eigenvalue weighted by Gasteiger charge is -2.44. The topological polar surface area (TPSA) is 23.6 Å². The number of hydrogen-bond donors (Lipinski definition) is 0. The Hall–Kier alpha value is -2.33. The Bertz CT molecular complexity index is 1160. The van der Waals surface area contributed by atoms with Crippen molar-refractivity contribution in [1.82, 2.24) is 9.80 Å². The molecule has 0 unspecified atom stereocenters. The molecule has 1 aliphatic carbocycles. The van der Waals surface area contributed by atoms with Crippen LogP contribution >= 0.6 is 23.2 Å². The van der Waals surface area contributed by atoms with E-state index in [1.807, 2.05) is 18.0 Å². The zero-order chi connectivity index (χ0) is 22.2. The monoisotopic (exact) mass is 464 g/mol. The minimum Gasteiger partial charge on any atom is -0.336 e. The van der Waals surface area contributed by atoms with Gasteiger partial charge < -0.3 is 4.90 Å². The number of likely N-dealkylation sites (tertiary alicyclic amines) is 1. The normalized spacial score (nSPS) is 20.0. The molecule has 3 nitrogen and oxygen atoms in total. The molecular formula is C27H26Cl2N2O. The van der Waals surface area contributed by atoms with Gasteiger partial charge in [0.25, 0.3) is 0 Å². The zero-order valence-electron chi connectivity index (χ0n) is 18.1. The van der Waals surface area contributed by atoms with Crippen LogP contribution in [-0.4, -0.2) is 35.8 Å². The first-order valence-corrected chi connectivity index (χ1v) is 11.9. The van der Waals surface area contributed by atoms with Gasteiger partial charge in [-0.05, 0) is 65.9 Å².